The molecule has 3 rings (SSSR count). The van der Waals surface area contributed by atoms with E-state index in [-0.39, 0.29) is 5.43 Å². The second-order valence-corrected chi connectivity index (χ2v) is 5.21. The summed E-state index contributed by atoms with van der Waals surface area (Å²) in [5.74, 6) is 0.562. The number of nitrogens with zero attached hydrogens (tertiary/aromatic N) is 1. The van der Waals surface area contributed by atoms with Gasteiger partial charge >= 0.3 is 0 Å². The smallest absolute Gasteiger partial charge is 0.197 e. The van der Waals surface area contributed by atoms with Gasteiger partial charge in [0.1, 0.15) is 5.58 Å². The zero-order valence-corrected chi connectivity index (χ0v) is 10.8. The Labute approximate surface area is 111 Å². The predicted molar refractivity (Wildman–Crippen MR) is 74.9 cm³/mol. The highest BCUT2D eigenvalue weighted by Gasteiger charge is 2.22. The van der Waals surface area contributed by atoms with Gasteiger partial charge in [-0.3, -0.25) is 9.69 Å². The molecule has 2 heterocycles. The van der Waals surface area contributed by atoms with Gasteiger partial charge in [0.25, 0.3) is 0 Å². The number of para-hydroxylation sites is 1. The van der Waals surface area contributed by atoms with Crippen LogP contribution in [0.1, 0.15) is 12.0 Å². The highest BCUT2D eigenvalue weighted by Crippen LogP contribution is 2.18. The molecule has 0 unspecified atom stereocenters. The maximum absolute atomic E-state index is 12.4. The third kappa shape index (κ3) is 2.41. The van der Waals surface area contributed by atoms with Crippen LogP contribution in [0.2, 0.25) is 0 Å². The molecule has 100 valence electrons. The summed E-state index contributed by atoms with van der Waals surface area (Å²) < 4.78 is 5.54. The molecule has 0 saturated carbocycles. The fraction of sp³-hybridized carbons (Fsp3) is 0.400. The summed E-state index contributed by atoms with van der Waals surface area (Å²) in [5.41, 5.74) is 7.15. The minimum absolute atomic E-state index is 0.0815. The van der Waals surface area contributed by atoms with Crippen LogP contribution in [0.5, 0.6) is 0 Å². The van der Waals surface area contributed by atoms with Crippen LogP contribution < -0.4 is 11.2 Å². The Kier molecular flexibility index (Phi) is 3.36. The molecule has 1 atom stereocenters. The monoisotopic (exact) mass is 258 g/mol. The maximum Gasteiger partial charge on any atom is 0.197 e. The molecule has 4 heteroatoms. The van der Waals surface area contributed by atoms with Gasteiger partial charge in [-0.25, -0.2) is 0 Å². The molecule has 19 heavy (non-hydrogen) atoms. The Balaban J connectivity index is 1.86. The van der Waals surface area contributed by atoms with E-state index in [1.807, 2.05) is 24.3 Å². The fourth-order valence-corrected chi connectivity index (χ4v) is 2.72. The first-order chi connectivity index (χ1) is 9.28. The zero-order chi connectivity index (χ0) is 13.2. The molecule has 1 aliphatic rings. The number of hydrogen-bond acceptors (Lipinski definition) is 4. The molecule has 0 spiro atoms. The van der Waals surface area contributed by atoms with Crippen LogP contribution >= 0.6 is 0 Å². The lowest BCUT2D eigenvalue weighted by atomic mass is 10.1. The normalized spacial score (nSPS) is 20.2. The summed E-state index contributed by atoms with van der Waals surface area (Å²) in [4.78, 5) is 14.6. The van der Waals surface area contributed by atoms with Gasteiger partial charge in [-0.15, -0.1) is 0 Å². The summed E-state index contributed by atoms with van der Waals surface area (Å²) in [5, 5.41) is 0.662. The van der Waals surface area contributed by atoms with E-state index in [1.165, 1.54) is 0 Å². The number of likely N-dealkylation sites (tertiary alicyclic amines) is 1. The van der Waals surface area contributed by atoms with Crippen LogP contribution in [-0.2, 0) is 6.54 Å². The molecule has 0 aliphatic carbocycles. The Bertz CT molecular complexity index is 635. The Morgan fingerprint density at radius 3 is 3.00 bits per heavy atom. The minimum atomic E-state index is 0.0815. The van der Waals surface area contributed by atoms with Crippen LogP contribution in [0, 0.1) is 5.92 Å². The fourth-order valence-electron chi connectivity index (χ4n) is 2.72. The zero-order valence-electron chi connectivity index (χ0n) is 10.8. The number of nitrogens with two attached hydrogens (primary N) is 1. The van der Waals surface area contributed by atoms with Crippen LogP contribution in [0.25, 0.3) is 11.0 Å². The minimum Gasteiger partial charge on any atom is -0.464 e. The Morgan fingerprint density at radius 2 is 2.21 bits per heavy atom. The molecule has 2 N–H and O–H groups in total. The molecule has 1 fully saturated rings. The average molecular weight is 258 g/mol. The van der Waals surface area contributed by atoms with E-state index in [9.17, 15) is 4.79 Å². The van der Waals surface area contributed by atoms with Gasteiger partial charge < -0.3 is 10.2 Å². The van der Waals surface area contributed by atoms with Crippen LogP contribution in [-0.4, -0.2) is 24.5 Å². The third-order valence-corrected chi connectivity index (χ3v) is 3.85. The second-order valence-electron chi connectivity index (χ2n) is 5.21. The predicted octanol–water partition coefficient (Wildman–Crippen LogP) is 1.57. The van der Waals surface area contributed by atoms with Gasteiger partial charge in [-0.05, 0) is 37.6 Å². The topological polar surface area (TPSA) is 59.5 Å². The summed E-state index contributed by atoms with van der Waals surface area (Å²) in [6.45, 7) is 3.36. The third-order valence-electron chi connectivity index (χ3n) is 3.85. The molecular weight excluding hydrogens is 240 g/mol. The summed E-state index contributed by atoms with van der Waals surface area (Å²) in [6.07, 6.45) is 2.72. The largest absolute Gasteiger partial charge is 0.464 e. The highest BCUT2D eigenvalue weighted by molar-refractivity contribution is 5.76. The standard InChI is InChI=1S/C15H18N2O2/c16-7-11-5-6-17(8-11)9-12-10-19-14-4-2-1-3-13(14)15(12)18/h1-4,10-11H,5-9,16H2/t11-/m1/s1. The average Bonchev–Trinajstić information content (AvgIpc) is 2.90. The molecule has 1 saturated heterocycles. The van der Waals surface area contributed by atoms with Crippen molar-refractivity contribution in [2.75, 3.05) is 19.6 Å². The van der Waals surface area contributed by atoms with E-state index < -0.39 is 0 Å². The first-order valence-electron chi connectivity index (χ1n) is 6.70. The van der Waals surface area contributed by atoms with Gasteiger partial charge in [-0.1, -0.05) is 12.1 Å². The van der Waals surface area contributed by atoms with Crippen molar-refractivity contribution in [3.05, 3.63) is 46.3 Å². The molecule has 0 amide bonds. The lowest BCUT2D eigenvalue weighted by Crippen LogP contribution is -2.25. The van der Waals surface area contributed by atoms with Gasteiger partial charge in [0.05, 0.1) is 11.6 Å². The molecule has 0 radical (unpaired) electrons. The highest BCUT2D eigenvalue weighted by atomic mass is 16.3. The molecule has 2 aromatic rings. The Morgan fingerprint density at radius 1 is 1.37 bits per heavy atom. The Hall–Kier alpha value is -1.65. The molecule has 1 aliphatic heterocycles. The lowest BCUT2D eigenvalue weighted by molar-refractivity contribution is 0.314. The van der Waals surface area contributed by atoms with Crippen LogP contribution in [0.3, 0.4) is 0 Å². The first-order valence-corrected chi connectivity index (χ1v) is 6.70. The van der Waals surface area contributed by atoms with Crippen molar-refractivity contribution in [2.45, 2.75) is 13.0 Å². The molecular formula is C15H18N2O2. The van der Waals surface area contributed by atoms with Gasteiger partial charge in [0.2, 0.25) is 0 Å². The maximum atomic E-state index is 12.4. The van der Waals surface area contributed by atoms with Gasteiger partial charge in [0, 0.05) is 18.7 Å². The van der Waals surface area contributed by atoms with Gasteiger partial charge in [-0.2, -0.15) is 0 Å². The SMILES string of the molecule is NC[C@H]1CCN(Cc2coc3ccccc3c2=O)C1. The lowest BCUT2D eigenvalue weighted by Gasteiger charge is -2.15. The molecule has 0 bridgehead atoms. The van der Waals surface area contributed by atoms with E-state index >= 15 is 0 Å². The van der Waals surface area contributed by atoms with Gasteiger partial charge in [0.15, 0.2) is 5.43 Å². The number of benzene rings is 1. The number of hydrogen-bond donors (Lipinski definition) is 1. The summed E-state index contributed by atoms with van der Waals surface area (Å²) in [6, 6.07) is 7.37. The van der Waals surface area contributed by atoms with Crippen molar-refractivity contribution >= 4 is 11.0 Å². The van der Waals surface area contributed by atoms with Crippen molar-refractivity contribution < 1.29 is 4.42 Å². The summed E-state index contributed by atoms with van der Waals surface area (Å²) >= 11 is 0. The molecule has 1 aromatic carbocycles. The first kappa shape index (κ1) is 12.4. The number of rotatable bonds is 3. The second kappa shape index (κ2) is 5.15. The number of fused-ring (bicyclic) bond motifs is 1. The van der Waals surface area contributed by atoms with E-state index in [0.29, 0.717) is 23.4 Å². The van der Waals surface area contributed by atoms with Crippen LogP contribution in [0.4, 0.5) is 0 Å². The quantitative estimate of drug-likeness (QED) is 0.908. The molecule has 1 aromatic heterocycles. The van der Waals surface area contributed by atoms with Crippen molar-refractivity contribution in [3.8, 4) is 0 Å². The van der Waals surface area contributed by atoms with Crippen molar-refractivity contribution in [1.29, 1.82) is 0 Å². The van der Waals surface area contributed by atoms with E-state index in [4.69, 9.17) is 10.2 Å². The van der Waals surface area contributed by atoms with Crippen molar-refractivity contribution in [3.63, 3.8) is 0 Å². The van der Waals surface area contributed by atoms with E-state index in [2.05, 4.69) is 4.90 Å². The van der Waals surface area contributed by atoms with Crippen molar-refractivity contribution in [2.24, 2.45) is 11.7 Å². The van der Waals surface area contributed by atoms with Crippen LogP contribution in [0.15, 0.2) is 39.7 Å². The van der Waals surface area contributed by atoms with Crippen molar-refractivity contribution in [1.82, 2.24) is 4.90 Å². The van der Waals surface area contributed by atoms with E-state index in [1.54, 1.807) is 6.26 Å². The molecule has 4 nitrogen and oxygen atoms in total. The van der Waals surface area contributed by atoms with E-state index in [0.717, 1.165) is 31.6 Å². The summed E-state index contributed by atoms with van der Waals surface area (Å²) in [7, 11) is 0.